The van der Waals surface area contributed by atoms with Gasteiger partial charge in [0.05, 0.1) is 36.4 Å². The molecule has 1 N–H and O–H groups in total. The second-order valence-electron chi connectivity index (χ2n) is 5.50. The van der Waals surface area contributed by atoms with E-state index in [1.165, 1.54) is 0 Å². The largest absolute Gasteiger partial charge is 0.378 e. The second kappa shape index (κ2) is 5.85. The van der Waals surface area contributed by atoms with E-state index in [1.807, 2.05) is 31.3 Å². The molecule has 0 amide bonds. The topological polar surface area (TPSA) is 80.1 Å². The van der Waals surface area contributed by atoms with Gasteiger partial charge in [0, 0.05) is 30.9 Å². The fraction of sp³-hybridized carbons (Fsp3) is 0.312. The average molecular weight is 311 g/mol. The van der Waals surface area contributed by atoms with Gasteiger partial charge in [0.2, 0.25) is 0 Å². The molecular weight excluding hydrogens is 294 g/mol. The summed E-state index contributed by atoms with van der Waals surface area (Å²) < 4.78 is 10.7. The van der Waals surface area contributed by atoms with Crippen molar-refractivity contribution in [2.45, 2.75) is 6.92 Å². The fourth-order valence-corrected chi connectivity index (χ4v) is 2.70. The van der Waals surface area contributed by atoms with E-state index in [1.54, 1.807) is 6.20 Å². The number of nitrogens with one attached hydrogen (secondary N) is 1. The molecular formula is C16H17N5O2. The molecule has 0 unspecified atom stereocenters. The first kappa shape index (κ1) is 14.0. The number of hydrogen-bond acceptors (Lipinski definition) is 6. The lowest BCUT2D eigenvalue weighted by molar-refractivity contribution is 0.122. The molecule has 23 heavy (non-hydrogen) atoms. The van der Waals surface area contributed by atoms with Crippen LogP contribution in [0.15, 0.2) is 35.1 Å². The van der Waals surface area contributed by atoms with E-state index in [0.29, 0.717) is 5.76 Å². The summed E-state index contributed by atoms with van der Waals surface area (Å²) in [5.41, 5.74) is 3.56. The number of aryl methyl sites for hydroxylation is 1. The molecule has 0 aromatic carbocycles. The summed E-state index contributed by atoms with van der Waals surface area (Å²) in [6.07, 6.45) is 3.59. The van der Waals surface area contributed by atoms with Crippen molar-refractivity contribution in [1.82, 2.24) is 20.3 Å². The standard InChI is InChI=1S/C16H17N5O2/c1-11-8-14(23-20-11)13-10-18-19-16(13)12-2-3-15(17-9-12)21-4-6-22-7-5-21/h2-3,8-10H,4-7H2,1H3,(H,18,19). The van der Waals surface area contributed by atoms with Crippen LogP contribution in [-0.2, 0) is 4.74 Å². The number of morpholine rings is 1. The van der Waals surface area contributed by atoms with Crippen LogP contribution in [0.25, 0.3) is 22.6 Å². The minimum absolute atomic E-state index is 0.698. The Morgan fingerprint density at radius 3 is 2.74 bits per heavy atom. The lowest BCUT2D eigenvalue weighted by atomic mass is 10.1. The van der Waals surface area contributed by atoms with E-state index in [-0.39, 0.29) is 0 Å². The maximum atomic E-state index is 5.37. The first-order valence-corrected chi connectivity index (χ1v) is 7.57. The zero-order valence-corrected chi connectivity index (χ0v) is 12.8. The maximum absolute atomic E-state index is 5.37. The molecule has 1 saturated heterocycles. The van der Waals surface area contributed by atoms with Gasteiger partial charge in [-0.25, -0.2) is 4.98 Å². The highest BCUT2D eigenvalue weighted by Gasteiger charge is 2.16. The Kier molecular flexibility index (Phi) is 3.55. The molecule has 3 aromatic heterocycles. The van der Waals surface area contributed by atoms with E-state index in [0.717, 1.165) is 54.6 Å². The summed E-state index contributed by atoms with van der Waals surface area (Å²) in [4.78, 5) is 6.80. The molecule has 0 spiro atoms. The van der Waals surface area contributed by atoms with Gasteiger partial charge in [-0.05, 0) is 19.1 Å². The molecule has 0 aliphatic carbocycles. The van der Waals surface area contributed by atoms with Crippen LogP contribution in [0.1, 0.15) is 5.69 Å². The van der Waals surface area contributed by atoms with Gasteiger partial charge in [0.15, 0.2) is 5.76 Å². The van der Waals surface area contributed by atoms with Crippen molar-refractivity contribution < 1.29 is 9.26 Å². The molecule has 4 rings (SSSR count). The maximum Gasteiger partial charge on any atom is 0.170 e. The smallest absolute Gasteiger partial charge is 0.170 e. The molecule has 1 aliphatic rings. The van der Waals surface area contributed by atoms with E-state index >= 15 is 0 Å². The Balaban J connectivity index is 1.63. The second-order valence-corrected chi connectivity index (χ2v) is 5.50. The molecule has 0 saturated carbocycles. The minimum Gasteiger partial charge on any atom is -0.378 e. The van der Waals surface area contributed by atoms with E-state index in [4.69, 9.17) is 9.26 Å². The Morgan fingerprint density at radius 2 is 2.04 bits per heavy atom. The van der Waals surface area contributed by atoms with Gasteiger partial charge >= 0.3 is 0 Å². The highest BCUT2D eigenvalue weighted by atomic mass is 16.5. The third kappa shape index (κ3) is 2.70. The highest BCUT2D eigenvalue weighted by molar-refractivity contribution is 5.77. The summed E-state index contributed by atoms with van der Waals surface area (Å²) in [6, 6.07) is 5.96. The lowest BCUT2D eigenvalue weighted by Gasteiger charge is -2.27. The predicted octanol–water partition coefficient (Wildman–Crippen LogP) is 2.27. The van der Waals surface area contributed by atoms with Gasteiger partial charge in [-0.1, -0.05) is 5.16 Å². The van der Waals surface area contributed by atoms with E-state index in [9.17, 15) is 0 Å². The number of anilines is 1. The summed E-state index contributed by atoms with van der Waals surface area (Å²) in [6.45, 7) is 5.14. The van der Waals surface area contributed by atoms with Crippen LogP contribution in [0.5, 0.6) is 0 Å². The number of aromatic nitrogens is 4. The molecule has 118 valence electrons. The first-order valence-electron chi connectivity index (χ1n) is 7.57. The van der Waals surface area contributed by atoms with Crippen LogP contribution < -0.4 is 4.90 Å². The van der Waals surface area contributed by atoms with Crippen molar-refractivity contribution in [3.05, 3.63) is 36.3 Å². The summed E-state index contributed by atoms with van der Waals surface area (Å²) in [5.74, 6) is 1.66. The molecule has 0 atom stereocenters. The fourth-order valence-electron chi connectivity index (χ4n) is 2.70. The quantitative estimate of drug-likeness (QED) is 0.799. The number of pyridine rings is 1. The van der Waals surface area contributed by atoms with Crippen molar-refractivity contribution in [3.8, 4) is 22.6 Å². The van der Waals surface area contributed by atoms with E-state index in [2.05, 4.69) is 25.2 Å². The van der Waals surface area contributed by atoms with Gasteiger partial charge in [-0.2, -0.15) is 5.10 Å². The van der Waals surface area contributed by atoms with Gasteiger partial charge in [0.1, 0.15) is 5.82 Å². The molecule has 1 aliphatic heterocycles. The summed E-state index contributed by atoms with van der Waals surface area (Å²) >= 11 is 0. The van der Waals surface area contributed by atoms with Crippen LogP contribution in [0.3, 0.4) is 0 Å². The SMILES string of the molecule is Cc1cc(-c2cn[nH]c2-c2ccc(N3CCOCC3)nc2)on1. The van der Waals surface area contributed by atoms with Crippen molar-refractivity contribution in [3.63, 3.8) is 0 Å². The van der Waals surface area contributed by atoms with Crippen LogP contribution in [0.4, 0.5) is 5.82 Å². The minimum atomic E-state index is 0.698. The average Bonchev–Trinajstić information content (AvgIpc) is 3.24. The normalized spacial score (nSPS) is 15.1. The molecule has 4 heterocycles. The van der Waals surface area contributed by atoms with Crippen molar-refractivity contribution >= 4 is 5.82 Å². The zero-order chi connectivity index (χ0) is 15.6. The molecule has 3 aromatic rings. The Hall–Kier alpha value is -2.67. The van der Waals surface area contributed by atoms with E-state index < -0.39 is 0 Å². The van der Waals surface area contributed by atoms with Crippen molar-refractivity contribution in [1.29, 1.82) is 0 Å². The van der Waals surface area contributed by atoms with Crippen LogP contribution in [0, 0.1) is 6.92 Å². The highest BCUT2D eigenvalue weighted by Crippen LogP contribution is 2.30. The van der Waals surface area contributed by atoms with Gasteiger partial charge in [-0.3, -0.25) is 5.10 Å². The number of rotatable bonds is 3. The Morgan fingerprint density at radius 1 is 1.17 bits per heavy atom. The monoisotopic (exact) mass is 311 g/mol. The molecule has 1 fully saturated rings. The number of ether oxygens (including phenoxy) is 1. The number of nitrogens with zero attached hydrogens (tertiary/aromatic N) is 4. The van der Waals surface area contributed by atoms with Crippen molar-refractivity contribution in [2.75, 3.05) is 31.2 Å². The lowest BCUT2D eigenvalue weighted by Crippen LogP contribution is -2.36. The van der Waals surface area contributed by atoms with Gasteiger partial charge in [-0.15, -0.1) is 0 Å². The third-order valence-electron chi connectivity index (χ3n) is 3.90. The third-order valence-corrected chi connectivity index (χ3v) is 3.90. The summed E-state index contributed by atoms with van der Waals surface area (Å²) in [7, 11) is 0. The number of aromatic amines is 1. The summed E-state index contributed by atoms with van der Waals surface area (Å²) in [5, 5.41) is 11.1. The number of H-pyrrole nitrogens is 1. The molecule has 7 heteroatoms. The van der Waals surface area contributed by atoms with Crippen LogP contribution in [0.2, 0.25) is 0 Å². The first-order chi connectivity index (χ1) is 11.3. The predicted molar refractivity (Wildman–Crippen MR) is 85.1 cm³/mol. The molecule has 7 nitrogen and oxygen atoms in total. The molecule has 0 radical (unpaired) electrons. The van der Waals surface area contributed by atoms with Crippen molar-refractivity contribution in [2.24, 2.45) is 0 Å². The zero-order valence-electron chi connectivity index (χ0n) is 12.8. The van der Waals surface area contributed by atoms with Gasteiger partial charge < -0.3 is 14.2 Å². The Bertz CT molecular complexity index is 787. The number of hydrogen-bond donors (Lipinski definition) is 1. The van der Waals surface area contributed by atoms with Crippen LogP contribution >= 0.6 is 0 Å². The Labute approximate surface area is 133 Å². The molecule has 0 bridgehead atoms. The van der Waals surface area contributed by atoms with Crippen LogP contribution in [-0.4, -0.2) is 46.6 Å². The van der Waals surface area contributed by atoms with Gasteiger partial charge in [0.25, 0.3) is 0 Å².